The number of alkyl halides is 1. The molecule has 0 aliphatic rings. The van der Waals surface area contributed by atoms with Crippen LogP contribution >= 0.6 is 15.9 Å². The Kier molecular flexibility index (Phi) is 5.50. The van der Waals surface area contributed by atoms with Crippen molar-refractivity contribution in [3.05, 3.63) is 0 Å². The van der Waals surface area contributed by atoms with Crippen LogP contribution in [0.25, 0.3) is 0 Å². The standard InChI is InChI=1S/C6H12BrNO4S/c1-3-13(10,11)8-4-5(7)6(9)12-2/h5,8H,3-4H2,1-2H3. The van der Waals surface area contributed by atoms with Crippen molar-refractivity contribution in [1.82, 2.24) is 4.72 Å². The molecule has 1 atom stereocenters. The van der Waals surface area contributed by atoms with Gasteiger partial charge >= 0.3 is 5.97 Å². The predicted octanol–water partition coefficient (Wildman–Crippen LogP) is -0.138. The number of rotatable bonds is 5. The van der Waals surface area contributed by atoms with Crippen molar-refractivity contribution >= 4 is 31.9 Å². The van der Waals surface area contributed by atoms with E-state index in [-0.39, 0.29) is 12.3 Å². The van der Waals surface area contributed by atoms with Crippen molar-refractivity contribution in [2.45, 2.75) is 11.8 Å². The summed E-state index contributed by atoms with van der Waals surface area (Å²) in [5.41, 5.74) is 0. The summed E-state index contributed by atoms with van der Waals surface area (Å²) >= 11 is 2.98. The predicted molar refractivity (Wildman–Crippen MR) is 52.2 cm³/mol. The summed E-state index contributed by atoms with van der Waals surface area (Å²) in [4.78, 5) is 10.2. The summed E-state index contributed by atoms with van der Waals surface area (Å²) in [6, 6.07) is 0. The van der Waals surface area contributed by atoms with E-state index in [1.807, 2.05) is 0 Å². The molecule has 1 unspecified atom stereocenters. The molecule has 0 heterocycles. The molecule has 0 rings (SSSR count). The molecule has 1 N–H and O–H groups in total. The number of ether oxygens (including phenoxy) is 1. The van der Waals surface area contributed by atoms with Crippen molar-refractivity contribution in [3.63, 3.8) is 0 Å². The zero-order valence-electron chi connectivity index (χ0n) is 7.41. The highest BCUT2D eigenvalue weighted by Crippen LogP contribution is 2.00. The molecule has 0 aromatic carbocycles. The Labute approximate surface area is 86.0 Å². The summed E-state index contributed by atoms with van der Waals surface area (Å²) in [6.45, 7) is 1.52. The maximum atomic E-state index is 10.9. The second kappa shape index (κ2) is 5.56. The minimum absolute atomic E-state index is 0.00282. The van der Waals surface area contributed by atoms with Crippen LogP contribution < -0.4 is 4.72 Å². The summed E-state index contributed by atoms with van der Waals surface area (Å²) in [7, 11) is -2.00. The first-order valence-electron chi connectivity index (χ1n) is 3.62. The van der Waals surface area contributed by atoms with E-state index in [2.05, 4.69) is 25.4 Å². The molecule has 0 aromatic heterocycles. The average molecular weight is 274 g/mol. The maximum absolute atomic E-state index is 10.9. The Hall–Kier alpha value is -0.140. The van der Waals surface area contributed by atoms with Crippen molar-refractivity contribution in [2.75, 3.05) is 19.4 Å². The third-order valence-corrected chi connectivity index (χ3v) is 3.38. The number of carbonyl (C=O) groups excluding carboxylic acids is 1. The molecule has 0 aliphatic heterocycles. The Morgan fingerprint density at radius 1 is 1.62 bits per heavy atom. The second-order valence-corrected chi connectivity index (χ2v) is 5.44. The highest BCUT2D eigenvalue weighted by molar-refractivity contribution is 9.10. The van der Waals surface area contributed by atoms with E-state index in [1.54, 1.807) is 0 Å². The van der Waals surface area contributed by atoms with Gasteiger partial charge < -0.3 is 4.74 Å². The van der Waals surface area contributed by atoms with E-state index in [0.717, 1.165) is 0 Å². The molecule has 0 fully saturated rings. The molecule has 0 saturated heterocycles. The van der Waals surface area contributed by atoms with Gasteiger partial charge in [0.25, 0.3) is 0 Å². The molecule has 0 aromatic rings. The molecule has 0 spiro atoms. The topological polar surface area (TPSA) is 72.5 Å². The van der Waals surface area contributed by atoms with Crippen LogP contribution in [-0.2, 0) is 19.6 Å². The smallest absolute Gasteiger partial charge is 0.320 e. The maximum Gasteiger partial charge on any atom is 0.320 e. The van der Waals surface area contributed by atoms with E-state index in [1.165, 1.54) is 14.0 Å². The highest BCUT2D eigenvalue weighted by atomic mass is 79.9. The number of methoxy groups -OCH3 is 1. The number of halogens is 1. The first-order chi connectivity index (χ1) is 5.93. The van der Waals surface area contributed by atoms with Crippen LogP contribution in [0.15, 0.2) is 0 Å². The van der Waals surface area contributed by atoms with Gasteiger partial charge in [-0.05, 0) is 6.92 Å². The van der Waals surface area contributed by atoms with E-state index in [9.17, 15) is 13.2 Å². The summed E-state index contributed by atoms with van der Waals surface area (Å²) in [5, 5.41) is 0. The molecule has 78 valence electrons. The molecule has 0 radical (unpaired) electrons. The van der Waals surface area contributed by atoms with Crippen molar-refractivity contribution in [1.29, 1.82) is 0 Å². The fraction of sp³-hybridized carbons (Fsp3) is 0.833. The summed E-state index contributed by atoms with van der Waals surface area (Å²) < 4.78 is 28.5. The van der Waals surface area contributed by atoms with E-state index in [4.69, 9.17) is 0 Å². The lowest BCUT2D eigenvalue weighted by atomic mass is 10.4. The lowest BCUT2D eigenvalue weighted by molar-refractivity contribution is -0.139. The number of sulfonamides is 1. The van der Waals surface area contributed by atoms with Gasteiger partial charge in [-0.2, -0.15) is 0 Å². The zero-order valence-corrected chi connectivity index (χ0v) is 9.81. The monoisotopic (exact) mass is 273 g/mol. The van der Waals surface area contributed by atoms with Crippen molar-refractivity contribution in [3.8, 4) is 0 Å². The fourth-order valence-corrected chi connectivity index (χ4v) is 1.70. The minimum Gasteiger partial charge on any atom is -0.468 e. The van der Waals surface area contributed by atoms with Crippen LogP contribution in [0.5, 0.6) is 0 Å². The number of nitrogens with one attached hydrogen (secondary N) is 1. The van der Waals surface area contributed by atoms with E-state index < -0.39 is 20.8 Å². The molecular weight excluding hydrogens is 262 g/mol. The van der Waals surface area contributed by atoms with Gasteiger partial charge in [0.15, 0.2) is 0 Å². The first kappa shape index (κ1) is 12.9. The molecule has 13 heavy (non-hydrogen) atoms. The summed E-state index contributed by atoms with van der Waals surface area (Å²) in [6.07, 6.45) is 0. The van der Waals surface area contributed by atoms with Gasteiger partial charge in [-0.1, -0.05) is 15.9 Å². The molecule has 0 aliphatic carbocycles. The fourth-order valence-electron chi connectivity index (χ4n) is 0.513. The Morgan fingerprint density at radius 3 is 2.54 bits per heavy atom. The largest absolute Gasteiger partial charge is 0.468 e. The first-order valence-corrected chi connectivity index (χ1v) is 6.19. The van der Waals surface area contributed by atoms with Crippen LogP contribution in [0.4, 0.5) is 0 Å². The molecular formula is C6H12BrNO4S. The zero-order chi connectivity index (χ0) is 10.5. The van der Waals surface area contributed by atoms with Gasteiger partial charge in [0.2, 0.25) is 10.0 Å². The minimum atomic E-state index is -3.24. The number of carbonyl (C=O) groups is 1. The SMILES string of the molecule is CCS(=O)(=O)NCC(Br)C(=O)OC. The molecule has 5 nitrogen and oxygen atoms in total. The molecule has 0 bridgehead atoms. The third-order valence-electron chi connectivity index (χ3n) is 1.32. The summed E-state index contributed by atoms with van der Waals surface area (Å²) in [5.74, 6) is -0.507. The number of hydrogen-bond acceptors (Lipinski definition) is 4. The lowest BCUT2D eigenvalue weighted by Crippen LogP contribution is -2.34. The highest BCUT2D eigenvalue weighted by Gasteiger charge is 2.17. The van der Waals surface area contributed by atoms with Crippen molar-refractivity contribution < 1.29 is 17.9 Å². The molecule has 0 saturated carbocycles. The lowest BCUT2D eigenvalue weighted by Gasteiger charge is -2.08. The normalized spacial score (nSPS) is 13.8. The van der Waals surface area contributed by atoms with Gasteiger partial charge in [0.05, 0.1) is 12.9 Å². The second-order valence-electron chi connectivity index (χ2n) is 2.24. The van der Waals surface area contributed by atoms with E-state index >= 15 is 0 Å². The van der Waals surface area contributed by atoms with Crippen LogP contribution in [0.1, 0.15) is 6.92 Å². The Bertz CT molecular complexity index is 264. The average Bonchev–Trinajstić information content (AvgIpc) is 2.13. The van der Waals surface area contributed by atoms with Crippen LogP contribution in [0, 0.1) is 0 Å². The van der Waals surface area contributed by atoms with Crippen LogP contribution in [0.3, 0.4) is 0 Å². The van der Waals surface area contributed by atoms with E-state index in [0.29, 0.717) is 0 Å². The quantitative estimate of drug-likeness (QED) is 0.559. The molecule has 7 heteroatoms. The van der Waals surface area contributed by atoms with Gasteiger partial charge in [0, 0.05) is 6.54 Å². The number of hydrogen-bond donors (Lipinski definition) is 1. The van der Waals surface area contributed by atoms with Gasteiger partial charge in [-0.3, -0.25) is 4.79 Å². The third kappa shape index (κ3) is 5.22. The van der Waals surface area contributed by atoms with Gasteiger partial charge in [0.1, 0.15) is 4.83 Å². The molecule has 0 amide bonds. The Morgan fingerprint density at radius 2 is 2.15 bits per heavy atom. The van der Waals surface area contributed by atoms with Crippen LogP contribution in [-0.4, -0.2) is 38.6 Å². The number of esters is 1. The van der Waals surface area contributed by atoms with Gasteiger partial charge in [-0.15, -0.1) is 0 Å². The Balaban J connectivity index is 3.97. The van der Waals surface area contributed by atoms with Crippen LogP contribution in [0.2, 0.25) is 0 Å². The van der Waals surface area contributed by atoms with Crippen molar-refractivity contribution in [2.24, 2.45) is 0 Å². The van der Waals surface area contributed by atoms with Gasteiger partial charge in [-0.25, -0.2) is 13.1 Å².